The van der Waals surface area contributed by atoms with Gasteiger partial charge in [-0.05, 0) is 43.0 Å². The van der Waals surface area contributed by atoms with Gasteiger partial charge in [-0.15, -0.1) is 0 Å². The van der Waals surface area contributed by atoms with Crippen molar-refractivity contribution in [1.29, 1.82) is 0 Å². The topological polar surface area (TPSA) is 53.7 Å². The van der Waals surface area contributed by atoms with Gasteiger partial charge in [-0.3, -0.25) is 0 Å². The lowest BCUT2D eigenvalue weighted by Gasteiger charge is -2.39. The van der Waals surface area contributed by atoms with E-state index in [1.54, 1.807) is 7.11 Å². The minimum Gasteiger partial charge on any atom is -0.497 e. The molecule has 1 fully saturated rings. The van der Waals surface area contributed by atoms with Crippen molar-refractivity contribution in [2.24, 2.45) is 11.7 Å². The molecule has 2 N–H and O–H groups in total. The number of nitrogens with two attached hydrogens (primary N) is 1. The molecule has 21 heavy (non-hydrogen) atoms. The number of methoxy groups -OCH3 is 1. The Kier molecular flexibility index (Phi) is 5.88. The number of benzene rings is 1. The average Bonchev–Trinajstić information content (AvgIpc) is 2.52. The molecule has 0 bridgehead atoms. The molecule has 118 valence electrons. The highest BCUT2D eigenvalue weighted by atomic mass is 16.5. The van der Waals surface area contributed by atoms with Gasteiger partial charge in [0.15, 0.2) is 0 Å². The van der Waals surface area contributed by atoms with Crippen LogP contribution in [0.25, 0.3) is 0 Å². The summed E-state index contributed by atoms with van der Waals surface area (Å²) in [4.78, 5) is 0. The van der Waals surface area contributed by atoms with Crippen molar-refractivity contribution in [3.63, 3.8) is 0 Å². The monoisotopic (exact) mass is 293 g/mol. The molecule has 0 aromatic heterocycles. The first-order chi connectivity index (χ1) is 10.2. The normalized spacial score (nSPS) is 25.6. The number of hydrogen-bond acceptors (Lipinski definition) is 4. The Morgan fingerprint density at radius 2 is 1.90 bits per heavy atom. The fraction of sp³-hybridized carbons (Fsp3) is 0.647. The third-order valence-corrected chi connectivity index (χ3v) is 4.24. The summed E-state index contributed by atoms with van der Waals surface area (Å²) in [6.07, 6.45) is 4.62. The molecule has 4 heteroatoms. The minimum absolute atomic E-state index is 0.138. The Balaban J connectivity index is 1.74. The molecule has 0 saturated heterocycles. The molecule has 0 spiro atoms. The molecule has 0 amide bonds. The fourth-order valence-corrected chi connectivity index (χ4v) is 3.08. The summed E-state index contributed by atoms with van der Waals surface area (Å²) in [7, 11) is 1.65. The van der Waals surface area contributed by atoms with Crippen LogP contribution in [-0.2, 0) is 4.74 Å². The Morgan fingerprint density at radius 1 is 1.19 bits per heavy atom. The second-order valence-corrected chi connectivity index (χ2v) is 5.96. The van der Waals surface area contributed by atoms with Crippen LogP contribution >= 0.6 is 0 Å². The van der Waals surface area contributed by atoms with Gasteiger partial charge < -0.3 is 19.9 Å². The zero-order valence-electron chi connectivity index (χ0n) is 13.1. The summed E-state index contributed by atoms with van der Waals surface area (Å²) >= 11 is 0. The highest BCUT2D eigenvalue weighted by Crippen LogP contribution is 2.34. The van der Waals surface area contributed by atoms with Crippen LogP contribution in [0.5, 0.6) is 11.5 Å². The zero-order chi connectivity index (χ0) is 15.1. The SMILES string of the molecule is COc1ccc(OCCOC2(CN)CCCC(C)C2)cc1. The first kappa shape index (κ1) is 16.1. The molecule has 2 rings (SSSR count). The van der Waals surface area contributed by atoms with E-state index in [0.29, 0.717) is 25.7 Å². The summed E-state index contributed by atoms with van der Waals surface area (Å²) < 4.78 is 16.9. The van der Waals surface area contributed by atoms with Gasteiger partial charge in [0.05, 0.1) is 19.3 Å². The predicted molar refractivity (Wildman–Crippen MR) is 83.9 cm³/mol. The third-order valence-electron chi connectivity index (χ3n) is 4.24. The molecule has 2 atom stereocenters. The van der Waals surface area contributed by atoms with Crippen molar-refractivity contribution in [3.8, 4) is 11.5 Å². The van der Waals surface area contributed by atoms with Gasteiger partial charge in [-0.1, -0.05) is 19.8 Å². The van der Waals surface area contributed by atoms with Crippen molar-refractivity contribution >= 4 is 0 Å². The first-order valence-electron chi connectivity index (χ1n) is 7.78. The molecule has 1 aliphatic carbocycles. The van der Waals surface area contributed by atoms with E-state index in [2.05, 4.69) is 6.92 Å². The van der Waals surface area contributed by atoms with Gasteiger partial charge in [0.1, 0.15) is 18.1 Å². The van der Waals surface area contributed by atoms with Crippen LogP contribution in [0.3, 0.4) is 0 Å². The molecule has 0 heterocycles. The Labute approximate surface area is 127 Å². The predicted octanol–water partition coefficient (Wildman–Crippen LogP) is 3.00. The van der Waals surface area contributed by atoms with Crippen LogP contribution < -0.4 is 15.2 Å². The Bertz CT molecular complexity index is 421. The quantitative estimate of drug-likeness (QED) is 0.785. The number of ether oxygens (including phenoxy) is 3. The van der Waals surface area contributed by atoms with Gasteiger partial charge in [-0.25, -0.2) is 0 Å². The summed E-state index contributed by atoms with van der Waals surface area (Å²) in [5.41, 5.74) is 5.81. The lowest BCUT2D eigenvalue weighted by Crippen LogP contribution is -2.45. The Morgan fingerprint density at radius 3 is 2.52 bits per heavy atom. The van der Waals surface area contributed by atoms with Gasteiger partial charge in [0, 0.05) is 6.54 Å². The van der Waals surface area contributed by atoms with E-state index in [-0.39, 0.29) is 5.60 Å². The minimum atomic E-state index is -0.138. The lowest BCUT2D eigenvalue weighted by molar-refractivity contribution is -0.0815. The smallest absolute Gasteiger partial charge is 0.119 e. The fourth-order valence-electron chi connectivity index (χ4n) is 3.08. The first-order valence-corrected chi connectivity index (χ1v) is 7.78. The van der Waals surface area contributed by atoms with E-state index in [9.17, 15) is 0 Å². The van der Waals surface area contributed by atoms with Crippen molar-refractivity contribution in [2.45, 2.75) is 38.2 Å². The van der Waals surface area contributed by atoms with Crippen LogP contribution in [0.4, 0.5) is 0 Å². The van der Waals surface area contributed by atoms with E-state index < -0.39 is 0 Å². The Hall–Kier alpha value is -1.26. The average molecular weight is 293 g/mol. The summed E-state index contributed by atoms with van der Waals surface area (Å²) in [5.74, 6) is 2.36. The van der Waals surface area contributed by atoms with E-state index in [0.717, 1.165) is 24.3 Å². The van der Waals surface area contributed by atoms with Gasteiger partial charge in [-0.2, -0.15) is 0 Å². The van der Waals surface area contributed by atoms with E-state index in [4.69, 9.17) is 19.9 Å². The molecular formula is C17H27NO3. The molecule has 1 aliphatic rings. The maximum Gasteiger partial charge on any atom is 0.119 e. The van der Waals surface area contributed by atoms with E-state index >= 15 is 0 Å². The lowest BCUT2D eigenvalue weighted by atomic mass is 9.79. The summed E-state index contributed by atoms with van der Waals surface area (Å²) in [6, 6.07) is 7.58. The number of rotatable bonds is 7. The molecule has 1 aromatic rings. The molecule has 2 unspecified atom stereocenters. The second-order valence-electron chi connectivity index (χ2n) is 5.96. The van der Waals surface area contributed by atoms with Gasteiger partial charge >= 0.3 is 0 Å². The molecule has 0 aliphatic heterocycles. The van der Waals surface area contributed by atoms with Crippen LogP contribution in [0.2, 0.25) is 0 Å². The molecule has 1 aromatic carbocycles. The standard InChI is InChI=1S/C17H27NO3/c1-14-4-3-9-17(12-14,13-18)21-11-10-20-16-7-5-15(19-2)6-8-16/h5-8,14H,3-4,9-13,18H2,1-2H3. The maximum absolute atomic E-state index is 6.08. The van der Waals surface area contributed by atoms with Crippen molar-refractivity contribution in [2.75, 3.05) is 26.9 Å². The van der Waals surface area contributed by atoms with Gasteiger partial charge in [0.25, 0.3) is 0 Å². The van der Waals surface area contributed by atoms with Crippen LogP contribution in [-0.4, -0.2) is 32.5 Å². The summed E-state index contributed by atoms with van der Waals surface area (Å²) in [5, 5.41) is 0. The van der Waals surface area contributed by atoms with Crippen molar-refractivity contribution < 1.29 is 14.2 Å². The van der Waals surface area contributed by atoms with Gasteiger partial charge in [0.2, 0.25) is 0 Å². The third kappa shape index (κ3) is 4.61. The molecule has 0 radical (unpaired) electrons. The highest BCUT2D eigenvalue weighted by molar-refractivity contribution is 5.31. The number of hydrogen-bond donors (Lipinski definition) is 1. The van der Waals surface area contributed by atoms with Crippen molar-refractivity contribution in [3.05, 3.63) is 24.3 Å². The largest absolute Gasteiger partial charge is 0.497 e. The summed E-state index contributed by atoms with van der Waals surface area (Å²) in [6.45, 7) is 4.00. The van der Waals surface area contributed by atoms with Crippen molar-refractivity contribution in [1.82, 2.24) is 0 Å². The molecule has 4 nitrogen and oxygen atoms in total. The van der Waals surface area contributed by atoms with Crippen LogP contribution in [0.15, 0.2) is 24.3 Å². The highest BCUT2D eigenvalue weighted by Gasteiger charge is 2.34. The zero-order valence-corrected chi connectivity index (χ0v) is 13.1. The molecular weight excluding hydrogens is 266 g/mol. The molecule has 1 saturated carbocycles. The van der Waals surface area contributed by atoms with Crippen LogP contribution in [0.1, 0.15) is 32.6 Å². The van der Waals surface area contributed by atoms with E-state index in [1.165, 1.54) is 12.8 Å². The van der Waals surface area contributed by atoms with E-state index in [1.807, 2.05) is 24.3 Å². The van der Waals surface area contributed by atoms with Crippen LogP contribution in [0, 0.1) is 5.92 Å². The second kappa shape index (κ2) is 7.66. The maximum atomic E-state index is 6.08.